The lowest BCUT2D eigenvalue weighted by atomic mass is 10.1. The molecule has 2 rings (SSSR count). The fourth-order valence-corrected chi connectivity index (χ4v) is 3.20. The van der Waals surface area contributed by atoms with Crippen LogP contribution in [0.3, 0.4) is 0 Å². The number of Topliss-reactive ketones (excluding diaryl/α,β-unsaturated/α-hetero) is 1. The number of H-pyrrole nitrogens is 1. The monoisotopic (exact) mass is 408 g/mol. The molecule has 0 amide bonds. The van der Waals surface area contributed by atoms with Crippen molar-refractivity contribution in [3.05, 3.63) is 52.3 Å². The maximum absolute atomic E-state index is 12.4. The molecule has 1 heterocycles. The van der Waals surface area contributed by atoms with Crippen molar-refractivity contribution in [3.63, 3.8) is 0 Å². The number of sulfonamides is 1. The van der Waals surface area contributed by atoms with Crippen LogP contribution in [-0.4, -0.2) is 51.1 Å². The van der Waals surface area contributed by atoms with Gasteiger partial charge in [-0.25, -0.2) is 18.0 Å². The molecule has 0 fully saturated rings. The molecule has 2 N–H and O–H groups in total. The molecular weight excluding hydrogens is 388 g/mol. The van der Waals surface area contributed by atoms with Crippen LogP contribution < -0.4 is 4.72 Å². The maximum Gasteiger partial charge on any atom is 0.339 e. The second kappa shape index (κ2) is 8.26. The number of aromatic nitrogens is 1. The molecule has 1 aromatic heterocycles. The van der Waals surface area contributed by atoms with Gasteiger partial charge in [0, 0.05) is 11.4 Å². The van der Waals surface area contributed by atoms with Gasteiger partial charge in [0.05, 0.1) is 30.2 Å². The molecule has 10 heteroatoms. The molecule has 9 nitrogen and oxygen atoms in total. The Hall–Kier alpha value is -3.14. The van der Waals surface area contributed by atoms with E-state index in [1.807, 2.05) is 0 Å². The number of hydrogen-bond acceptors (Lipinski definition) is 7. The van der Waals surface area contributed by atoms with E-state index in [1.165, 1.54) is 31.4 Å². The van der Waals surface area contributed by atoms with Gasteiger partial charge in [0.15, 0.2) is 6.61 Å². The molecule has 0 bridgehead atoms. The molecule has 0 aliphatic carbocycles. The number of ketones is 1. The van der Waals surface area contributed by atoms with Crippen molar-refractivity contribution < 1.29 is 32.3 Å². The first-order chi connectivity index (χ1) is 13.0. The van der Waals surface area contributed by atoms with Gasteiger partial charge < -0.3 is 14.5 Å². The average molecular weight is 408 g/mol. The van der Waals surface area contributed by atoms with Gasteiger partial charge in [-0.2, -0.15) is 0 Å². The summed E-state index contributed by atoms with van der Waals surface area (Å²) in [6, 6.07) is 5.68. The molecule has 150 valence electrons. The molecule has 1 aromatic carbocycles. The Kier molecular flexibility index (Phi) is 6.24. The predicted molar refractivity (Wildman–Crippen MR) is 101 cm³/mol. The number of hydrogen-bond donors (Lipinski definition) is 2. The fraction of sp³-hybridized carbons (Fsp3) is 0.278. The Balaban J connectivity index is 2.10. The fourth-order valence-electron chi connectivity index (χ4n) is 2.65. The van der Waals surface area contributed by atoms with Crippen molar-refractivity contribution in [3.8, 4) is 0 Å². The molecule has 2 aromatic rings. The summed E-state index contributed by atoms with van der Waals surface area (Å²) in [5, 5.41) is 0. The molecule has 0 saturated heterocycles. The number of ether oxygens (including phenoxy) is 2. The highest BCUT2D eigenvalue weighted by atomic mass is 32.2. The number of carbonyl (C=O) groups is 3. The second-order valence-electron chi connectivity index (χ2n) is 6.07. The number of anilines is 1. The Bertz CT molecular complexity index is 1040. The summed E-state index contributed by atoms with van der Waals surface area (Å²) in [6.45, 7) is 2.66. The lowest BCUT2D eigenvalue weighted by molar-refractivity contribution is 0.0473. The van der Waals surface area contributed by atoms with E-state index < -0.39 is 34.4 Å². The van der Waals surface area contributed by atoms with E-state index in [0.717, 1.165) is 6.26 Å². The molecular formula is C18H20N2O7S. The van der Waals surface area contributed by atoms with E-state index in [9.17, 15) is 22.8 Å². The predicted octanol–water partition coefficient (Wildman–Crippen LogP) is 1.83. The van der Waals surface area contributed by atoms with Crippen molar-refractivity contribution in [2.45, 2.75) is 13.8 Å². The first-order valence-electron chi connectivity index (χ1n) is 8.09. The SMILES string of the molecule is COC(=O)c1c(C)[nH]c(C(=O)COC(=O)c2cccc(NS(C)(=O)=O)c2)c1C. The van der Waals surface area contributed by atoms with Crippen LogP contribution in [0.2, 0.25) is 0 Å². The lowest BCUT2D eigenvalue weighted by Crippen LogP contribution is -2.16. The van der Waals surface area contributed by atoms with E-state index in [4.69, 9.17) is 4.74 Å². The summed E-state index contributed by atoms with van der Waals surface area (Å²) in [5.41, 5.74) is 1.57. The van der Waals surface area contributed by atoms with Gasteiger partial charge in [0.25, 0.3) is 0 Å². The highest BCUT2D eigenvalue weighted by Gasteiger charge is 2.23. The Morgan fingerprint density at radius 2 is 1.82 bits per heavy atom. The van der Waals surface area contributed by atoms with Crippen LogP contribution in [0, 0.1) is 13.8 Å². The topological polar surface area (TPSA) is 132 Å². The molecule has 0 saturated carbocycles. The van der Waals surface area contributed by atoms with E-state index >= 15 is 0 Å². The number of esters is 2. The van der Waals surface area contributed by atoms with Gasteiger partial charge in [-0.05, 0) is 37.6 Å². The number of nitrogens with one attached hydrogen (secondary N) is 2. The zero-order valence-corrected chi connectivity index (χ0v) is 16.6. The molecule has 0 atom stereocenters. The van der Waals surface area contributed by atoms with Crippen LogP contribution in [0.5, 0.6) is 0 Å². The third-order valence-electron chi connectivity index (χ3n) is 3.84. The summed E-state index contributed by atoms with van der Waals surface area (Å²) in [7, 11) is -2.26. The largest absolute Gasteiger partial charge is 0.465 e. The molecule has 0 radical (unpaired) electrons. The van der Waals surface area contributed by atoms with Crippen molar-refractivity contribution in [1.82, 2.24) is 4.98 Å². The van der Waals surface area contributed by atoms with E-state index in [1.54, 1.807) is 13.8 Å². The molecule has 0 aliphatic heterocycles. The van der Waals surface area contributed by atoms with Gasteiger partial charge in [0.1, 0.15) is 0 Å². The van der Waals surface area contributed by atoms with Crippen LogP contribution >= 0.6 is 0 Å². The quantitative estimate of drug-likeness (QED) is 0.528. The minimum absolute atomic E-state index is 0.0797. The van der Waals surface area contributed by atoms with Gasteiger partial charge in [-0.1, -0.05) is 6.07 Å². The van der Waals surface area contributed by atoms with E-state index in [0.29, 0.717) is 11.3 Å². The van der Waals surface area contributed by atoms with Crippen LogP contribution in [0.15, 0.2) is 24.3 Å². The number of rotatable bonds is 7. The van der Waals surface area contributed by atoms with Crippen molar-refractivity contribution in [2.24, 2.45) is 0 Å². The number of benzene rings is 1. The third-order valence-corrected chi connectivity index (χ3v) is 4.45. The zero-order chi connectivity index (χ0) is 21.1. The number of aromatic amines is 1. The van der Waals surface area contributed by atoms with E-state index in [-0.39, 0.29) is 22.5 Å². The zero-order valence-electron chi connectivity index (χ0n) is 15.8. The molecule has 28 heavy (non-hydrogen) atoms. The number of carbonyl (C=O) groups excluding carboxylic acids is 3. The molecule has 0 spiro atoms. The summed E-state index contributed by atoms with van der Waals surface area (Å²) in [4.78, 5) is 39.1. The van der Waals surface area contributed by atoms with Gasteiger partial charge in [-0.15, -0.1) is 0 Å². The van der Waals surface area contributed by atoms with Crippen LogP contribution in [0.25, 0.3) is 0 Å². The van der Waals surface area contributed by atoms with Gasteiger partial charge >= 0.3 is 11.9 Å². The smallest absolute Gasteiger partial charge is 0.339 e. The normalized spacial score (nSPS) is 11.0. The lowest BCUT2D eigenvalue weighted by Gasteiger charge is -2.07. The summed E-state index contributed by atoms with van der Waals surface area (Å²) in [5.74, 6) is -1.88. The van der Waals surface area contributed by atoms with Gasteiger partial charge in [-0.3, -0.25) is 9.52 Å². The first-order valence-corrected chi connectivity index (χ1v) is 9.98. The Labute approximate surface area is 162 Å². The maximum atomic E-state index is 12.4. The van der Waals surface area contributed by atoms with E-state index in [2.05, 4.69) is 14.4 Å². The Morgan fingerprint density at radius 1 is 1.14 bits per heavy atom. The first kappa shape index (κ1) is 21.2. The van der Waals surface area contributed by atoms with Crippen molar-refractivity contribution >= 4 is 33.4 Å². The minimum atomic E-state index is -3.50. The summed E-state index contributed by atoms with van der Waals surface area (Å²) >= 11 is 0. The average Bonchev–Trinajstić information content (AvgIpc) is 2.92. The van der Waals surface area contributed by atoms with Gasteiger partial charge in [0.2, 0.25) is 15.8 Å². The highest BCUT2D eigenvalue weighted by Crippen LogP contribution is 2.20. The third kappa shape index (κ3) is 4.97. The summed E-state index contributed by atoms with van der Waals surface area (Å²) in [6.07, 6.45) is 0.986. The second-order valence-corrected chi connectivity index (χ2v) is 7.82. The standard InChI is InChI=1S/C18H20N2O7S/c1-10-15(18(23)26-3)11(2)19-16(10)14(21)9-27-17(22)12-6-5-7-13(8-12)20-28(4,24)25/h5-8,19-20H,9H2,1-4H3. The van der Waals surface area contributed by atoms with Crippen LogP contribution in [-0.2, 0) is 19.5 Å². The number of methoxy groups -OCH3 is 1. The Morgan fingerprint density at radius 3 is 2.43 bits per heavy atom. The van der Waals surface area contributed by atoms with Crippen molar-refractivity contribution in [2.75, 3.05) is 24.7 Å². The number of aryl methyl sites for hydroxylation is 1. The van der Waals surface area contributed by atoms with Crippen molar-refractivity contribution in [1.29, 1.82) is 0 Å². The van der Waals surface area contributed by atoms with Crippen LogP contribution in [0.4, 0.5) is 5.69 Å². The molecule has 0 aliphatic rings. The highest BCUT2D eigenvalue weighted by molar-refractivity contribution is 7.92. The van der Waals surface area contributed by atoms with Crippen LogP contribution in [0.1, 0.15) is 42.5 Å². The summed E-state index contributed by atoms with van der Waals surface area (Å²) < 4.78 is 34.5. The minimum Gasteiger partial charge on any atom is -0.465 e. The molecule has 0 unspecified atom stereocenters.